The van der Waals surface area contributed by atoms with E-state index in [0.717, 1.165) is 16.5 Å². The molecule has 4 rings (SSSR count). The first-order chi connectivity index (χ1) is 14.0. The fourth-order valence-electron chi connectivity index (χ4n) is 3.27. The van der Waals surface area contributed by atoms with Crippen LogP contribution in [-0.4, -0.2) is 20.0 Å². The Hall–Kier alpha value is -4.00. The summed E-state index contributed by atoms with van der Waals surface area (Å²) in [6.07, 6.45) is 3.33. The molecule has 29 heavy (non-hydrogen) atoms. The van der Waals surface area contributed by atoms with E-state index < -0.39 is 11.0 Å². The van der Waals surface area contributed by atoms with Gasteiger partial charge in [0.1, 0.15) is 17.1 Å². The molecule has 2 N–H and O–H groups in total. The number of phenolic OH excluding ortho intramolecular Hbond substituents is 1. The van der Waals surface area contributed by atoms with Crippen molar-refractivity contribution in [3.63, 3.8) is 0 Å². The van der Waals surface area contributed by atoms with Gasteiger partial charge in [-0.05, 0) is 48.4 Å². The van der Waals surface area contributed by atoms with Gasteiger partial charge in [0.2, 0.25) is 0 Å². The summed E-state index contributed by atoms with van der Waals surface area (Å²) in [5.74, 6) is 0.695. The SMILES string of the molecule is Cc1ccnc(NC(c2ccc([N+](=O)[O-])cc2)c2ccc3cccnc3c2O)c1. The van der Waals surface area contributed by atoms with Crippen LogP contribution < -0.4 is 5.32 Å². The van der Waals surface area contributed by atoms with Crippen LogP contribution >= 0.6 is 0 Å². The maximum absolute atomic E-state index is 11.0. The summed E-state index contributed by atoms with van der Waals surface area (Å²) in [6.45, 7) is 1.96. The summed E-state index contributed by atoms with van der Waals surface area (Å²) in [5, 5.41) is 26.1. The Morgan fingerprint density at radius 2 is 1.83 bits per heavy atom. The normalized spacial score (nSPS) is 11.9. The molecule has 2 aromatic carbocycles. The van der Waals surface area contributed by atoms with E-state index in [0.29, 0.717) is 16.9 Å². The molecule has 2 heterocycles. The quantitative estimate of drug-likeness (QED) is 0.379. The van der Waals surface area contributed by atoms with Crippen molar-refractivity contribution in [2.75, 3.05) is 5.32 Å². The van der Waals surface area contributed by atoms with Crippen molar-refractivity contribution < 1.29 is 10.0 Å². The number of non-ortho nitro benzene ring substituents is 1. The second-order valence-electron chi connectivity index (χ2n) is 6.72. The number of hydrogen-bond donors (Lipinski definition) is 2. The molecule has 7 heteroatoms. The van der Waals surface area contributed by atoms with Crippen molar-refractivity contribution >= 4 is 22.4 Å². The summed E-state index contributed by atoms with van der Waals surface area (Å²) in [4.78, 5) is 19.2. The van der Waals surface area contributed by atoms with Gasteiger partial charge >= 0.3 is 0 Å². The van der Waals surface area contributed by atoms with E-state index >= 15 is 0 Å². The zero-order valence-corrected chi connectivity index (χ0v) is 15.6. The van der Waals surface area contributed by atoms with Crippen molar-refractivity contribution in [1.82, 2.24) is 9.97 Å². The Balaban J connectivity index is 1.83. The van der Waals surface area contributed by atoms with E-state index in [4.69, 9.17) is 0 Å². The summed E-state index contributed by atoms with van der Waals surface area (Å²) >= 11 is 0. The molecule has 0 aliphatic carbocycles. The Morgan fingerprint density at radius 3 is 2.55 bits per heavy atom. The number of nitrogens with zero attached hydrogens (tertiary/aromatic N) is 3. The third kappa shape index (κ3) is 3.70. The first-order valence-corrected chi connectivity index (χ1v) is 9.03. The van der Waals surface area contributed by atoms with Gasteiger partial charge in [-0.25, -0.2) is 4.98 Å². The van der Waals surface area contributed by atoms with Crippen molar-refractivity contribution in [3.8, 4) is 5.75 Å². The number of aromatic hydroxyl groups is 1. The molecule has 0 aliphatic rings. The molecule has 144 valence electrons. The second kappa shape index (κ2) is 7.55. The molecule has 2 aromatic heterocycles. The number of aryl methyl sites for hydroxylation is 1. The fourth-order valence-corrected chi connectivity index (χ4v) is 3.27. The van der Waals surface area contributed by atoms with Crippen LogP contribution in [-0.2, 0) is 0 Å². The van der Waals surface area contributed by atoms with Crippen LogP contribution in [0.15, 0.2) is 73.1 Å². The second-order valence-corrected chi connectivity index (χ2v) is 6.72. The molecule has 1 atom stereocenters. The molecule has 0 spiro atoms. The van der Waals surface area contributed by atoms with Crippen molar-refractivity contribution in [2.45, 2.75) is 13.0 Å². The van der Waals surface area contributed by atoms with Crippen molar-refractivity contribution in [2.24, 2.45) is 0 Å². The zero-order valence-electron chi connectivity index (χ0n) is 15.6. The summed E-state index contributed by atoms with van der Waals surface area (Å²) < 4.78 is 0. The lowest BCUT2D eigenvalue weighted by atomic mass is 9.96. The molecule has 0 bridgehead atoms. The largest absolute Gasteiger partial charge is 0.505 e. The standard InChI is InChI=1S/C22H18N4O3/c1-14-10-12-23-19(13-14)25-20(16-4-7-17(8-5-16)26(28)29)18-9-6-15-3-2-11-24-21(15)22(18)27/h2-13,20,27H,1H3,(H,23,25). The highest BCUT2D eigenvalue weighted by Crippen LogP contribution is 2.36. The monoisotopic (exact) mass is 386 g/mol. The lowest BCUT2D eigenvalue weighted by molar-refractivity contribution is -0.384. The van der Waals surface area contributed by atoms with E-state index in [2.05, 4.69) is 15.3 Å². The molecular formula is C22H18N4O3. The number of benzene rings is 2. The van der Waals surface area contributed by atoms with Crippen LogP contribution in [0.1, 0.15) is 22.7 Å². The third-order valence-corrected chi connectivity index (χ3v) is 4.74. The molecule has 0 amide bonds. The van der Waals surface area contributed by atoms with E-state index in [1.165, 1.54) is 12.1 Å². The molecular weight excluding hydrogens is 368 g/mol. The number of nitro groups is 1. The molecule has 0 aliphatic heterocycles. The summed E-state index contributed by atoms with van der Waals surface area (Å²) in [5.41, 5.74) is 2.90. The van der Waals surface area contributed by atoms with Gasteiger partial charge in [-0.1, -0.05) is 18.2 Å². The predicted molar refractivity (Wildman–Crippen MR) is 111 cm³/mol. The highest BCUT2D eigenvalue weighted by molar-refractivity contribution is 5.86. The van der Waals surface area contributed by atoms with E-state index in [-0.39, 0.29) is 11.4 Å². The summed E-state index contributed by atoms with van der Waals surface area (Å²) in [6, 6.07) is 17.0. The molecule has 0 saturated heterocycles. The van der Waals surface area contributed by atoms with Crippen LogP contribution in [0.3, 0.4) is 0 Å². The number of nitrogens with one attached hydrogen (secondary N) is 1. The maximum Gasteiger partial charge on any atom is 0.269 e. The van der Waals surface area contributed by atoms with Crippen LogP contribution in [0.4, 0.5) is 11.5 Å². The third-order valence-electron chi connectivity index (χ3n) is 4.74. The molecule has 0 saturated carbocycles. The number of nitro benzene ring substituents is 1. The van der Waals surface area contributed by atoms with Crippen molar-refractivity contribution in [3.05, 3.63) is 99.9 Å². The predicted octanol–water partition coefficient (Wildman–Crippen LogP) is 4.75. The van der Waals surface area contributed by atoms with Crippen molar-refractivity contribution in [1.29, 1.82) is 0 Å². The molecule has 1 unspecified atom stereocenters. The zero-order chi connectivity index (χ0) is 20.4. The average molecular weight is 386 g/mol. The van der Waals surface area contributed by atoms with E-state index in [1.54, 1.807) is 24.5 Å². The number of anilines is 1. The van der Waals surface area contributed by atoms with E-state index in [9.17, 15) is 15.2 Å². The molecule has 0 radical (unpaired) electrons. The minimum atomic E-state index is -0.475. The van der Waals surface area contributed by atoms with Gasteiger partial charge in [0.05, 0.1) is 11.0 Å². The first kappa shape index (κ1) is 18.4. The van der Waals surface area contributed by atoms with Crippen LogP contribution in [0.2, 0.25) is 0 Å². The number of aromatic nitrogens is 2. The van der Waals surface area contributed by atoms with Gasteiger partial charge in [0, 0.05) is 35.5 Å². The topological polar surface area (TPSA) is 101 Å². The Morgan fingerprint density at radius 1 is 1.03 bits per heavy atom. The molecule has 7 nitrogen and oxygen atoms in total. The number of pyridine rings is 2. The lowest BCUT2D eigenvalue weighted by Gasteiger charge is -2.22. The number of fused-ring (bicyclic) bond motifs is 1. The van der Waals surface area contributed by atoms with Crippen LogP contribution in [0.5, 0.6) is 5.75 Å². The maximum atomic E-state index is 11.0. The Bertz CT molecular complexity index is 1190. The number of hydrogen-bond acceptors (Lipinski definition) is 6. The van der Waals surface area contributed by atoms with Gasteiger partial charge in [0.15, 0.2) is 0 Å². The highest BCUT2D eigenvalue weighted by atomic mass is 16.6. The van der Waals surface area contributed by atoms with Gasteiger partial charge < -0.3 is 10.4 Å². The average Bonchev–Trinajstić information content (AvgIpc) is 2.73. The number of rotatable bonds is 5. The van der Waals surface area contributed by atoms with Gasteiger partial charge in [-0.2, -0.15) is 0 Å². The van der Waals surface area contributed by atoms with E-state index in [1.807, 2.05) is 43.3 Å². The number of phenols is 1. The minimum absolute atomic E-state index is 0.00517. The molecule has 0 fully saturated rings. The Labute approximate surface area is 166 Å². The van der Waals surface area contributed by atoms with Gasteiger partial charge in [0.25, 0.3) is 5.69 Å². The van der Waals surface area contributed by atoms with Gasteiger partial charge in [-0.3, -0.25) is 15.1 Å². The highest BCUT2D eigenvalue weighted by Gasteiger charge is 2.21. The molecule has 4 aromatic rings. The van der Waals surface area contributed by atoms with Crippen LogP contribution in [0.25, 0.3) is 10.9 Å². The first-order valence-electron chi connectivity index (χ1n) is 9.03. The Kier molecular flexibility index (Phi) is 4.78. The van der Waals surface area contributed by atoms with Gasteiger partial charge in [-0.15, -0.1) is 0 Å². The lowest BCUT2D eigenvalue weighted by Crippen LogP contribution is -2.14. The summed E-state index contributed by atoms with van der Waals surface area (Å²) in [7, 11) is 0. The minimum Gasteiger partial charge on any atom is -0.505 e. The fraction of sp³-hybridized carbons (Fsp3) is 0.0909. The van der Waals surface area contributed by atoms with Crippen LogP contribution in [0, 0.1) is 17.0 Å². The smallest absolute Gasteiger partial charge is 0.269 e.